The standard InChI is InChI=1S/C22H31NO2S/c1-7-8-9-18-10-12-20(13-11-18)23-26(24,25)21-16(2)14-19(15-17(21)3)22(4,5)6/h10-15,23H,7-9H2,1-6H3. The zero-order valence-electron chi connectivity index (χ0n) is 16.8. The summed E-state index contributed by atoms with van der Waals surface area (Å²) in [5, 5.41) is 0. The summed E-state index contributed by atoms with van der Waals surface area (Å²) in [6.45, 7) is 12.3. The summed E-state index contributed by atoms with van der Waals surface area (Å²) >= 11 is 0. The Bertz CT molecular complexity index is 837. The number of hydrogen-bond acceptors (Lipinski definition) is 2. The molecule has 0 saturated carbocycles. The number of rotatable bonds is 6. The maximum absolute atomic E-state index is 13.0. The van der Waals surface area contributed by atoms with Gasteiger partial charge in [0.05, 0.1) is 4.90 Å². The maximum Gasteiger partial charge on any atom is 0.262 e. The second-order valence-corrected chi connectivity index (χ2v) is 9.71. The molecule has 0 saturated heterocycles. The van der Waals surface area contributed by atoms with Crippen molar-refractivity contribution in [3.05, 3.63) is 58.7 Å². The van der Waals surface area contributed by atoms with E-state index in [9.17, 15) is 8.42 Å². The quantitative estimate of drug-likeness (QED) is 0.701. The summed E-state index contributed by atoms with van der Waals surface area (Å²) in [5.41, 5.74) is 4.52. The monoisotopic (exact) mass is 373 g/mol. The lowest BCUT2D eigenvalue weighted by atomic mass is 9.85. The Morgan fingerprint density at radius 1 is 0.962 bits per heavy atom. The molecule has 0 spiro atoms. The van der Waals surface area contributed by atoms with Crippen LogP contribution in [0.3, 0.4) is 0 Å². The number of hydrogen-bond donors (Lipinski definition) is 1. The molecule has 0 radical (unpaired) electrons. The predicted molar refractivity (Wildman–Crippen MR) is 110 cm³/mol. The molecule has 3 nitrogen and oxygen atoms in total. The van der Waals surface area contributed by atoms with Crippen molar-refractivity contribution in [1.29, 1.82) is 0 Å². The average molecular weight is 374 g/mol. The van der Waals surface area contributed by atoms with E-state index in [2.05, 4.69) is 32.4 Å². The van der Waals surface area contributed by atoms with Gasteiger partial charge in [0.25, 0.3) is 10.0 Å². The molecule has 0 aliphatic carbocycles. The molecule has 0 aliphatic rings. The lowest BCUT2D eigenvalue weighted by Gasteiger charge is -2.22. The first-order valence-electron chi connectivity index (χ1n) is 9.28. The molecule has 26 heavy (non-hydrogen) atoms. The summed E-state index contributed by atoms with van der Waals surface area (Å²) in [7, 11) is -3.62. The lowest BCUT2D eigenvalue weighted by molar-refractivity contribution is 0.585. The van der Waals surface area contributed by atoms with E-state index in [0.29, 0.717) is 10.6 Å². The van der Waals surface area contributed by atoms with Crippen LogP contribution in [0.1, 0.15) is 62.8 Å². The first-order valence-corrected chi connectivity index (χ1v) is 10.8. The van der Waals surface area contributed by atoms with Crippen molar-refractivity contribution in [1.82, 2.24) is 0 Å². The van der Waals surface area contributed by atoms with E-state index >= 15 is 0 Å². The number of benzene rings is 2. The highest BCUT2D eigenvalue weighted by molar-refractivity contribution is 7.92. The summed E-state index contributed by atoms with van der Waals surface area (Å²) in [4.78, 5) is 0.376. The molecule has 0 aliphatic heterocycles. The van der Waals surface area contributed by atoms with Crippen molar-refractivity contribution in [2.75, 3.05) is 4.72 Å². The summed E-state index contributed by atoms with van der Waals surface area (Å²) in [6, 6.07) is 11.6. The van der Waals surface area contributed by atoms with Gasteiger partial charge < -0.3 is 0 Å². The molecule has 0 unspecified atom stereocenters. The van der Waals surface area contributed by atoms with Gasteiger partial charge in [-0.1, -0.05) is 58.4 Å². The van der Waals surface area contributed by atoms with Gasteiger partial charge in [0.1, 0.15) is 0 Å². The molecule has 0 fully saturated rings. The average Bonchev–Trinajstić information content (AvgIpc) is 2.52. The van der Waals surface area contributed by atoms with Crippen LogP contribution in [0.2, 0.25) is 0 Å². The van der Waals surface area contributed by atoms with Crippen LogP contribution >= 0.6 is 0 Å². The van der Waals surface area contributed by atoms with E-state index in [0.717, 1.165) is 36.0 Å². The fourth-order valence-corrected chi connectivity index (χ4v) is 4.65. The minimum Gasteiger partial charge on any atom is -0.280 e. The third-order valence-electron chi connectivity index (χ3n) is 4.62. The molecular weight excluding hydrogens is 342 g/mol. The van der Waals surface area contributed by atoms with Gasteiger partial charge in [-0.15, -0.1) is 0 Å². The molecular formula is C22H31NO2S. The second-order valence-electron chi connectivity index (χ2n) is 8.10. The van der Waals surface area contributed by atoms with Crippen LogP contribution in [0.15, 0.2) is 41.3 Å². The van der Waals surface area contributed by atoms with Crippen LogP contribution < -0.4 is 4.72 Å². The van der Waals surface area contributed by atoms with E-state index in [-0.39, 0.29) is 5.41 Å². The van der Waals surface area contributed by atoms with Crippen LogP contribution in [0.4, 0.5) is 5.69 Å². The number of aryl methyl sites for hydroxylation is 3. The summed E-state index contributed by atoms with van der Waals surface area (Å²) in [6.07, 6.45) is 3.32. The van der Waals surface area contributed by atoms with E-state index in [1.807, 2.05) is 50.2 Å². The third kappa shape index (κ3) is 4.88. The van der Waals surface area contributed by atoms with Crippen molar-refractivity contribution < 1.29 is 8.42 Å². The van der Waals surface area contributed by atoms with E-state index < -0.39 is 10.0 Å². The molecule has 1 N–H and O–H groups in total. The van der Waals surface area contributed by atoms with E-state index in [4.69, 9.17) is 0 Å². The Morgan fingerprint density at radius 2 is 1.50 bits per heavy atom. The van der Waals surface area contributed by atoms with Crippen LogP contribution in [-0.4, -0.2) is 8.42 Å². The van der Waals surface area contributed by atoms with Crippen molar-refractivity contribution in [3.63, 3.8) is 0 Å². The summed E-state index contributed by atoms with van der Waals surface area (Å²) < 4.78 is 28.6. The highest BCUT2D eigenvalue weighted by Crippen LogP contribution is 2.30. The molecule has 0 atom stereocenters. The molecule has 0 heterocycles. The topological polar surface area (TPSA) is 46.2 Å². The van der Waals surface area contributed by atoms with Gasteiger partial charge in [0.15, 0.2) is 0 Å². The number of sulfonamides is 1. The Morgan fingerprint density at radius 3 is 1.96 bits per heavy atom. The first-order chi connectivity index (χ1) is 12.0. The minimum absolute atomic E-state index is 0.0143. The fraction of sp³-hybridized carbons (Fsp3) is 0.455. The molecule has 0 aromatic heterocycles. The zero-order chi connectivity index (χ0) is 19.5. The molecule has 4 heteroatoms. The van der Waals surface area contributed by atoms with Gasteiger partial charge in [-0.2, -0.15) is 0 Å². The Kier molecular flexibility index (Phi) is 6.17. The van der Waals surface area contributed by atoms with Crippen molar-refractivity contribution in [2.45, 2.75) is 71.1 Å². The molecule has 142 valence electrons. The molecule has 0 amide bonds. The number of anilines is 1. The minimum atomic E-state index is -3.62. The highest BCUT2D eigenvalue weighted by Gasteiger charge is 2.23. The van der Waals surface area contributed by atoms with Crippen molar-refractivity contribution in [2.24, 2.45) is 0 Å². The van der Waals surface area contributed by atoms with Gasteiger partial charge in [-0.3, -0.25) is 4.72 Å². The fourth-order valence-electron chi connectivity index (χ4n) is 3.13. The van der Waals surface area contributed by atoms with Crippen LogP contribution in [-0.2, 0) is 21.9 Å². The molecule has 2 aromatic carbocycles. The molecule has 2 aromatic rings. The maximum atomic E-state index is 13.0. The Balaban J connectivity index is 2.30. The summed E-state index contributed by atoms with van der Waals surface area (Å²) in [5.74, 6) is 0. The molecule has 0 bridgehead atoms. The number of unbranched alkanes of at least 4 members (excludes halogenated alkanes) is 1. The zero-order valence-corrected chi connectivity index (χ0v) is 17.6. The second kappa shape index (κ2) is 7.83. The van der Waals surface area contributed by atoms with Gasteiger partial charge in [0, 0.05) is 5.69 Å². The molecule has 2 rings (SSSR count). The van der Waals surface area contributed by atoms with Crippen LogP contribution in [0.25, 0.3) is 0 Å². The first kappa shape index (κ1) is 20.5. The van der Waals surface area contributed by atoms with Crippen LogP contribution in [0, 0.1) is 13.8 Å². The number of nitrogens with one attached hydrogen (secondary N) is 1. The van der Waals surface area contributed by atoms with Crippen molar-refractivity contribution in [3.8, 4) is 0 Å². The normalized spacial score (nSPS) is 12.2. The smallest absolute Gasteiger partial charge is 0.262 e. The van der Waals surface area contributed by atoms with Gasteiger partial charge in [0.2, 0.25) is 0 Å². The predicted octanol–water partition coefficient (Wildman–Crippen LogP) is 5.74. The Hall–Kier alpha value is -1.81. The largest absolute Gasteiger partial charge is 0.280 e. The van der Waals surface area contributed by atoms with E-state index in [1.165, 1.54) is 5.56 Å². The van der Waals surface area contributed by atoms with Gasteiger partial charge in [-0.05, 0) is 66.5 Å². The Labute approximate surface area is 158 Å². The SMILES string of the molecule is CCCCc1ccc(NS(=O)(=O)c2c(C)cc(C(C)(C)C)cc2C)cc1. The van der Waals surface area contributed by atoms with Crippen molar-refractivity contribution >= 4 is 15.7 Å². The van der Waals surface area contributed by atoms with Gasteiger partial charge in [-0.25, -0.2) is 8.42 Å². The lowest BCUT2D eigenvalue weighted by Crippen LogP contribution is -2.18. The van der Waals surface area contributed by atoms with Crippen LogP contribution in [0.5, 0.6) is 0 Å². The highest BCUT2D eigenvalue weighted by atomic mass is 32.2. The third-order valence-corrected chi connectivity index (χ3v) is 6.31. The van der Waals surface area contributed by atoms with E-state index in [1.54, 1.807) is 0 Å². The van der Waals surface area contributed by atoms with Gasteiger partial charge >= 0.3 is 0 Å².